The van der Waals surface area contributed by atoms with Crippen molar-refractivity contribution in [3.8, 4) is 0 Å². The van der Waals surface area contributed by atoms with Crippen LogP contribution in [0.2, 0.25) is 0 Å². The molecule has 0 amide bonds. The van der Waals surface area contributed by atoms with Crippen LogP contribution in [0.15, 0.2) is 0 Å². The van der Waals surface area contributed by atoms with Gasteiger partial charge in [0.25, 0.3) is 0 Å². The molecule has 0 radical (unpaired) electrons. The van der Waals surface area contributed by atoms with E-state index in [1.807, 2.05) is 0 Å². The van der Waals surface area contributed by atoms with E-state index in [2.05, 4.69) is 15.9 Å². The second-order valence-corrected chi connectivity index (χ2v) is 2.78. The van der Waals surface area contributed by atoms with Crippen molar-refractivity contribution in [3.05, 3.63) is 0 Å². The van der Waals surface area contributed by atoms with Crippen molar-refractivity contribution in [2.24, 2.45) is 5.92 Å². The predicted molar refractivity (Wildman–Crippen MR) is 37.7 cm³/mol. The van der Waals surface area contributed by atoms with Crippen molar-refractivity contribution in [2.45, 2.75) is 12.5 Å². The summed E-state index contributed by atoms with van der Waals surface area (Å²) in [5.41, 5.74) is 0. The summed E-state index contributed by atoms with van der Waals surface area (Å²) >= 11 is 3.11. The molecule has 0 spiro atoms. The largest absolute Gasteiger partial charge is 0.381 e. The summed E-state index contributed by atoms with van der Waals surface area (Å²) in [7, 11) is 1.65. The number of halogens is 1. The van der Waals surface area contributed by atoms with Gasteiger partial charge in [0.05, 0.1) is 11.4 Å². The summed E-state index contributed by atoms with van der Waals surface area (Å²) in [6, 6.07) is 0. The zero-order valence-corrected chi connectivity index (χ0v) is 6.85. The van der Waals surface area contributed by atoms with Gasteiger partial charge in [0.15, 0.2) is 0 Å². The van der Waals surface area contributed by atoms with Crippen LogP contribution in [0.3, 0.4) is 0 Å². The number of alkyl halides is 1. The molecule has 1 aliphatic rings. The van der Waals surface area contributed by atoms with Gasteiger partial charge in [-0.1, -0.05) is 15.9 Å². The molecule has 1 fully saturated rings. The van der Waals surface area contributed by atoms with Crippen LogP contribution < -0.4 is 0 Å². The summed E-state index contributed by atoms with van der Waals surface area (Å²) in [6.07, 6.45) is 1.14. The lowest BCUT2D eigenvalue weighted by molar-refractivity contribution is -0.118. The maximum Gasteiger partial charge on any atom is 0.149 e. The van der Waals surface area contributed by atoms with E-state index >= 15 is 0 Å². The standard InChI is InChI=1S/C6H9BrO2/c1-9-6-2-4(6)5(8)3-7/h4,6H,2-3H2,1H3. The van der Waals surface area contributed by atoms with Gasteiger partial charge in [-0.2, -0.15) is 0 Å². The molecule has 0 aliphatic heterocycles. The third-order valence-electron chi connectivity index (χ3n) is 1.58. The molecule has 0 N–H and O–H groups in total. The summed E-state index contributed by atoms with van der Waals surface area (Å²) in [5, 5.41) is 0.470. The number of carbonyl (C=O) groups excluding carboxylic acids is 1. The monoisotopic (exact) mass is 192 g/mol. The van der Waals surface area contributed by atoms with E-state index in [1.54, 1.807) is 7.11 Å². The van der Waals surface area contributed by atoms with Gasteiger partial charge in [0, 0.05) is 13.0 Å². The summed E-state index contributed by atoms with van der Waals surface area (Å²) in [4.78, 5) is 10.8. The molecule has 1 rings (SSSR count). The lowest BCUT2D eigenvalue weighted by Crippen LogP contribution is -2.05. The van der Waals surface area contributed by atoms with Gasteiger partial charge < -0.3 is 4.74 Å². The number of methoxy groups -OCH3 is 1. The summed E-state index contributed by atoms with van der Waals surface area (Å²) in [5.74, 6) is 0.455. The molecule has 2 atom stereocenters. The SMILES string of the molecule is COC1CC1C(=O)CBr. The summed E-state index contributed by atoms with van der Waals surface area (Å²) in [6.45, 7) is 0. The van der Waals surface area contributed by atoms with Crippen molar-refractivity contribution in [1.29, 1.82) is 0 Å². The third kappa shape index (κ3) is 1.52. The molecule has 2 nitrogen and oxygen atoms in total. The zero-order valence-electron chi connectivity index (χ0n) is 5.26. The second kappa shape index (κ2) is 2.80. The van der Waals surface area contributed by atoms with E-state index in [0.717, 1.165) is 6.42 Å². The van der Waals surface area contributed by atoms with Crippen LogP contribution >= 0.6 is 15.9 Å². The van der Waals surface area contributed by atoms with Crippen molar-refractivity contribution < 1.29 is 9.53 Å². The molecule has 0 aromatic heterocycles. The Morgan fingerprint density at radius 3 is 2.89 bits per heavy atom. The minimum Gasteiger partial charge on any atom is -0.381 e. The Kier molecular flexibility index (Phi) is 2.24. The zero-order chi connectivity index (χ0) is 6.85. The molecule has 0 saturated heterocycles. The number of hydrogen-bond acceptors (Lipinski definition) is 2. The molecule has 1 aliphatic carbocycles. The second-order valence-electron chi connectivity index (χ2n) is 2.22. The van der Waals surface area contributed by atoms with Gasteiger partial charge in [-0.15, -0.1) is 0 Å². The number of hydrogen-bond donors (Lipinski definition) is 0. The topological polar surface area (TPSA) is 26.3 Å². The maximum atomic E-state index is 10.8. The van der Waals surface area contributed by atoms with E-state index in [9.17, 15) is 4.79 Å². The van der Waals surface area contributed by atoms with Crippen LogP contribution in [-0.2, 0) is 9.53 Å². The molecule has 2 unspecified atom stereocenters. The fourth-order valence-electron chi connectivity index (χ4n) is 0.870. The quantitative estimate of drug-likeness (QED) is 0.624. The van der Waals surface area contributed by atoms with Gasteiger partial charge >= 0.3 is 0 Å². The van der Waals surface area contributed by atoms with Gasteiger partial charge in [-0.3, -0.25) is 4.79 Å². The van der Waals surface area contributed by atoms with Crippen LogP contribution in [0.25, 0.3) is 0 Å². The fraction of sp³-hybridized carbons (Fsp3) is 0.833. The minimum absolute atomic E-state index is 0.189. The van der Waals surface area contributed by atoms with Crippen molar-refractivity contribution in [3.63, 3.8) is 0 Å². The first-order valence-electron chi connectivity index (χ1n) is 2.91. The number of carbonyl (C=O) groups is 1. The number of Topliss-reactive ketones (excluding diaryl/α,β-unsaturated/α-hetero) is 1. The van der Waals surface area contributed by atoms with Crippen molar-refractivity contribution in [2.75, 3.05) is 12.4 Å². The van der Waals surface area contributed by atoms with Crippen LogP contribution in [0.1, 0.15) is 6.42 Å². The first kappa shape index (κ1) is 7.22. The Morgan fingerprint density at radius 2 is 2.56 bits per heavy atom. The molecule has 3 heteroatoms. The first-order chi connectivity index (χ1) is 4.29. The number of rotatable bonds is 3. The van der Waals surface area contributed by atoms with E-state index in [4.69, 9.17) is 4.74 Å². The maximum absolute atomic E-state index is 10.8. The van der Waals surface area contributed by atoms with Gasteiger partial charge in [0.2, 0.25) is 0 Å². The molecule has 0 bridgehead atoms. The number of ether oxygens (including phenoxy) is 1. The molecule has 0 heterocycles. The Labute approximate surface area is 62.7 Å². The highest BCUT2D eigenvalue weighted by Gasteiger charge is 2.42. The average Bonchev–Trinajstić information content (AvgIpc) is 2.64. The van der Waals surface area contributed by atoms with E-state index in [1.165, 1.54) is 0 Å². The molecule has 52 valence electrons. The first-order valence-corrected chi connectivity index (χ1v) is 4.03. The Bertz CT molecular complexity index is 124. The van der Waals surface area contributed by atoms with E-state index < -0.39 is 0 Å². The van der Waals surface area contributed by atoms with Crippen LogP contribution in [0.4, 0.5) is 0 Å². The van der Waals surface area contributed by atoms with Crippen molar-refractivity contribution in [1.82, 2.24) is 0 Å². The predicted octanol–water partition coefficient (Wildman–Crippen LogP) is 0.985. The van der Waals surface area contributed by atoms with Gasteiger partial charge in [0.1, 0.15) is 5.78 Å². The Balaban J connectivity index is 2.25. The van der Waals surface area contributed by atoms with Gasteiger partial charge in [-0.25, -0.2) is 0 Å². The smallest absolute Gasteiger partial charge is 0.149 e. The molecular formula is C6H9BrO2. The van der Waals surface area contributed by atoms with Crippen LogP contribution in [0.5, 0.6) is 0 Å². The highest BCUT2D eigenvalue weighted by atomic mass is 79.9. The van der Waals surface area contributed by atoms with Crippen molar-refractivity contribution >= 4 is 21.7 Å². The molecule has 0 aromatic carbocycles. The van der Waals surface area contributed by atoms with Crippen LogP contribution in [-0.4, -0.2) is 24.3 Å². The Hall–Kier alpha value is 0.110. The lowest BCUT2D eigenvalue weighted by Gasteiger charge is -1.91. The molecule has 0 aromatic rings. The molecular weight excluding hydrogens is 184 g/mol. The number of ketones is 1. The fourth-order valence-corrected chi connectivity index (χ4v) is 1.29. The third-order valence-corrected chi connectivity index (χ3v) is 2.13. The van der Waals surface area contributed by atoms with E-state index in [0.29, 0.717) is 5.33 Å². The average molecular weight is 193 g/mol. The highest BCUT2D eigenvalue weighted by molar-refractivity contribution is 9.09. The normalized spacial score (nSPS) is 32.2. The molecule has 1 saturated carbocycles. The molecule has 9 heavy (non-hydrogen) atoms. The minimum atomic E-state index is 0.189. The summed E-state index contributed by atoms with van der Waals surface area (Å²) < 4.78 is 4.96. The lowest BCUT2D eigenvalue weighted by atomic mass is 10.3. The Morgan fingerprint density at radius 1 is 1.89 bits per heavy atom. The van der Waals surface area contributed by atoms with E-state index in [-0.39, 0.29) is 17.8 Å². The van der Waals surface area contributed by atoms with Crippen LogP contribution in [0, 0.1) is 5.92 Å². The highest BCUT2D eigenvalue weighted by Crippen LogP contribution is 2.34. The van der Waals surface area contributed by atoms with Gasteiger partial charge in [-0.05, 0) is 6.42 Å².